The fraction of sp³-hybridized carbons (Fsp3) is 0.660. The normalized spacial score (nSPS) is 13.2. The van der Waals surface area contributed by atoms with Crippen LogP contribution in [0.2, 0.25) is 0 Å². The van der Waals surface area contributed by atoms with Gasteiger partial charge in [-0.25, -0.2) is 4.70 Å². The Morgan fingerprint density at radius 1 is 0.481 bits per heavy atom. The predicted molar refractivity (Wildman–Crippen MR) is 225 cm³/mol. The molecule has 0 N–H and O–H groups in total. The van der Waals surface area contributed by atoms with Gasteiger partial charge >= 0.3 is 63.9 Å². The van der Waals surface area contributed by atoms with E-state index in [0.29, 0.717) is 0 Å². The average Bonchev–Trinajstić information content (AvgIpc) is 3.44. The second-order valence-electron chi connectivity index (χ2n) is 14.8. The molecule has 0 radical (unpaired) electrons. The van der Waals surface area contributed by atoms with Gasteiger partial charge in [0.25, 0.3) is 0 Å². The van der Waals surface area contributed by atoms with Gasteiger partial charge in [-0.15, -0.1) is 0 Å². The summed E-state index contributed by atoms with van der Waals surface area (Å²) in [4.78, 5) is 0. The molecule has 52 heavy (non-hydrogen) atoms. The van der Waals surface area contributed by atoms with Crippen molar-refractivity contribution in [2.75, 3.05) is 27.2 Å². The zero-order chi connectivity index (χ0) is 38.0. The molecule has 0 fully saturated rings. The van der Waals surface area contributed by atoms with Crippen LogP contribution in [-0.4, -0.2) is 39.8 Å². The van der Waals surface area contributed by atoms with Crippen molar-refractivity contribution < 1.29 is 19.6 Å². The minimum atomic E-state index is 1.02. The maximum absolute atomic E-state index is 12.0. The monoisotopic (exact) mass is 757 g/mol. The minimum absolute atomic E-state index is 1.02. The number of aryl methyl sites for hydroxylation is 2. The van der Waals surface area contributed by atoms with Crippen molar-refractivity contribution in [3.8, 4) is 0 Å². The molecule has 0 saturated heterocycles. The molecule has 1 heterocycles. The molecule has 0 atom stereocenters. The van der Waals surface area contributed by atoms with Gasteiger partial charge in [-0.1, -0.05) is 135 Å². The quantitative estimate of drug-likeness (QED) is 0.0516. The van der Waals surface area contributed by atoms with Crippen LogP contribution in [0.25, 0.3) is 16.9 Å². The topological polar surface area (TPSA) is 31.8 Å². The van der Waals surface area contributed by atoms with Crippen LogP contribution in [-0.2, 0) is 27.7 Å². The van der Waals surface area contributed by atoms with Crippen molar-refractivity contribution in [1.82, 2.24) is 7.96 Å². The summed E-state index contributed by atoms with van der Waals surface area (Å²) in [5, 5.41) is 0. The first kappa shape index (κ1) is 46.1. The number of nitrogens with zero attached hydrogens (tertiary/aromatic N) is 4. The van der Waals surface area contributed by atoms with Crippen LogP contribution in [0.3, 0.4) is 0 Å². The summed E-state index contributed by atoms with van der Waals surface area (Å²) in [5.74, 6) is 0. The molecule has 4 nitrogen and oxygen atoms in total. The van der Waals surface area contributed by atoms with Gasteiger partial charge in [-0.05, 0) is 86.8 Å². The third-order valence-corrected chi connectivity index (χ3v) is 11.6. The van der Waals surface area contributed by atoms with Crippen LogP contribution in [0.1, 0.15) is 186 Å². The van der Waals surface area contributed by atoms with Crippen molar-refractivity contribution in [3.63, 3.8) is 0 Å². The summed E-state index contributed by atoms with van der Waals surface area (Å²) in [6, 6.07) is 18.0. The Morgan fingerprint density at radius 3 is 1.25 bits per heavy atom. The summed E-state index contributed by atoms with van der Waals surface area (Å²) >= 11 is 1.59. The van der Waals surface area contributed by atoms with E-state index in [1.54, 1.807) is 19.6 Å². The Labute approximate surface area is 328 Å². The van der Waals surface area contributed by atoms with E-state index in [1.165, 1.54) is 124 Å². The molecular weight excluding hydrogens is 679 g/mol. The standard InChI is InChI=1S/C41H62N2.2C3H8N.Ni/c1-5-9-13-14-15-16-17-18-19-20-21-31-39-38(30-12-8-4)40(36-28-22-26-34(32-36)24-10-6-2)43(42)41(39)37-29-23-27-35(33-37)25-11-7-3;2*1-3-4-2;/h22-23,26-29,32-33H,5-21,24-25,30-31H2,1-4H3;2*3H2,1-2H3;/q;2*-1;+2. The fourth-order valence-corrected chi connectivity index (χ4v) is 7.74. The van der Waals surface area contributed by atoms with Crippen molar-refractivity contribution in [2.24, 2.45) is 0 Å². The van der Waals surface area contributed by atoms with Crippen molar-refractivity contribution in [3.05, 3.63) is 87.5 Å². The van der Waals surface area contributed by atoms with Gasteiger partial charge in [-0.3, -0.25) is 0 Å². The number of unbranched alkanes of at least 4 members (excludes halogenated alkanes) is 13. The second kappa shape index (κ2) is 28.4. The van der Waals surface area contributed by atoms with Crippen molar-refractivity contribution in [1.29, 1.82) is 0 Å². The Kier molecular flexibility index (Phi) is 25.2. The molecule has 2 aromatic rings. The van der Waals surface area contributed by atoms with Gasteiger partial charge in [0.05, 0.1) is 0 Å². The molecule has 0 saturated carbocycles. The Hall–Kier alpha value is -2.07. The van der Waals surface area contributed by atoms with Crippen LogP contribution in [0.4, 0.5) is 0 Å². The SMILES string of the molecule is CCCCCCCCCCCCCC1=C(c2cccc(CCCC)c2)[N+](=[N-])C(c2cccc(CCCC)c2)=C1CCCC.CC[N](C)[Ni][N](C)CC. The molecule has 1 aliphatic rings. The van der Waals surface area contributed by atoms with Gasteiger partial charge in [0.15, 0.2) is 0 Å². The number of allylic oxidation sites excluding steroid dienone is 2. The summed E-state index contributed by atoms with van der Waals surface area (Å²) in [6.45, 7) is 15.6. The molecule has 0 aliphatic carbocycles. The van der Waals surface area contributed by atoms with Crippen LogP contribution < -0.4 is 0 Å². The maximum atomic E-state index is 12.0. The summed E-state index contributed by atoms with van der Waals surface area (Å²) < 4.78 is 6.02. The number of hydrogen-bond acceptors (Lipinski definition) is 2. The van der Waals surface area contributed by atoms with Crippen LogP contribution >= 0.6 is 0 Å². The van der Waals surface area contributed by atoms with E-state index in [0.717, 1.165) is 68.6 Å². The fourth-order valence-electron chi connectivity index (χ4n) is 6.89. The third kappa shape index (κ3) is 16.9. The van der Waals surface area contributed by atoms with E-state index in [9.17, 15) is 5.53 Å². The number of benzene rings is 2. The van der Waals surface area contributed by atoms with Gasteiger partial charge in [0, 0.05) is 22.3 Å². The number of rotatable bonds is 27. The van der Waals surface area contributed by atoms with Crippen LogP contribution in [0.5, 0.6) is 0 Å². The van der Waals surface area contributed by atoms with E-state index in [4.69, 9.17) is 0 Å². The summed E-state index contributed by atoms with van der Waals surface area (Å²) in [5.41, 5.74) is 21.9. The van der Waals surface area contributed by atoms with Crippen molar-refractivity contribution >= 4 is 11.4 Å². The van der Waals surface area contributed by atoms with Crippen LogP contribution in [0, 0.1) is 0 Å². The zero-order valence-corrected chi connectivity index (χ0v) is 36.0. The molecule has 2 aromatic carbocycles. The second-order valence-corrected chi connectivity index (χ2v) is 16.5. The van der Waals surface area contributed by atoms with Gasteiger partial charge < -0.3 is 5.53 Å². The van der Waals surface area contributed by atoms with Crippen LogP contribution in [0.15, 0.2) is 59.7 Å². The van der Waals surface area contributed by atoms with E-state index in [2.05, 4.69) is 112 Å². The molecule has 0 amide bonds. The van der Waals surface area contributed by atoms with Crippen molar-refractivity contribution in [2.45, 2.75) is 176 Å². The summed E-state index contributed by atoms with van der Waals surface area (Å²) in [7, 11) is 4.21. The zero-order valence-electron chi connectivity index (χ0n) is 35.0. The van der Waals surface area contributed by atoms with Gasteiger partial charge in [0.1, 0.15) is 0 Å². The molecule has 5 heteroatoms. The van der Waals surface area contributed by atoms with E-state index >= 15 is 0 Å². The molecule has 3 rings (SSSR count). The predicted octanol–water partition coefficient (Wildman–Crippen LogP) is 14.2. The first-order chi connectivity index (χ1) is 25.3. The Bertz CT molecular complexity index is 1320. The molecule has 0 spiro atoms. The van der Waals surface area contributed by atoms with Gasteiger partial charge in [-0.2, -0.15) is 0 Å². The molecule has 0 bridgehead atoms. The Morgan fingerprint density at radius 2 is 0.846 bits per heavy atom. The first-order valence-electron chi connectivity index (χ1n) is 21.5. The first-order valence-corrected chi connectivity index (χ1v) is 22.4. The average molecular weight is 758 g/mol. The van der Waals surface area contributed by atoms with E-state index in [-0.39, 0.29) is 0 Å². The molecular formula is C47H78N4Ni. The molecule has 0 unspecified atom stereocenters. The third-order valence-electron chi connectivity index (χ3n) is 10.3. The van der Waals surface area contributed by atoms with E-state index in [1.807, 2.05) is 0 Å². The van der Waals surface area contributed by atoms with E-state index < -0.39 is 0 Å². The molecule has 296 valence electrons. The Balaban J connectivity index is 0.000000916. The number of hydrogen-bond donors (Lipinski definition) is 0. The molecule has 1 aliphatic heterocycles. The molecule has 0 aromatic heterocycles. The van der Waals surface area contributed by atoms with Gasteiger partial charge in [0.2, 0.25) is 11.4 Å². The summed E-state index contributed by atoms with van der Waals surface area (Å²) in [6.07, 6.45) is 26.3.